The van der Waals surface area contributed by atoms with Crippen LogP contribution in [0.5, 0.6) is 0 Å². The van der Waals surface area contributed by atoms with E-state index in [1.165, 1.54) is 23.9 Å². The summed E-state index contributed by atoms with van der Waals surface area (Å²) >= 11 is 7.47. The molecule has 0 saturated carbocycles. The van der Waals surface area contributed by atoms with E-state index < -0.39 is 17.1 Å². The first kappa shape index (κ1) is 26.0. The molecule has 0 aromatic heterocycles. The van der Waals surface area contributed by atoms with Gasteiger partial charge in [0.1, 0.15) is 5.25 Å². The van der Waals surface area contributed by atoms with Crippen LogP contribution in [-0.2, 0) is 4.79 Å². The molecule has 0 bridgehead atoms. The Bertz CT molecular complexity index is 1460. The largest absolute Gasteiger partial charge is 0.478 e. The lowest BCUT2D eigenvalue weighted by Gasteiger charge is -2.18. The number of aromatic carboxylic acids is 1. The standard InChI is InChI=1S/C29H23ClN2O4S/c1-18-14-15-20(30)16-25(18)32-28(34)26(19-8-3-2-4-9-19)37-22-11-7-10-21(17-22)31-27(33)23-12-5-6-13-24(23)29(35)36/h2-17,26H,1H3,(H,31,33)(H,32,34)(H,35,36). The number of rotatable bonds is 8. The highest BCUT2D eigenvalue weighted by molar-refractivity contribution is 8.00. The van der Waals surface area contributed by atoms with Gasteiger partial charge in [-0.15, -0.1) is 11.8 Å². The molecular weight excluding hydrogens is 508 g/mol. The number of nitrogens with one attached hydrogen (secondary N) is 2. The molecule has 2 amide bonds. The first-order valence-electron chi connectivity index (χ1n) is 11.3. The Kier molecular flexibility index (Phi) is 8.28. The molecule has 1 unspecified atom stereocenters. The van der Waals surface area contributed by atoms with Crippen LogP contribution in [0, 0.1) is 6.92 Å². The van der Waals surface area contributed by atoms with Crippen molar-refractivity contribution in [1.82, 2.24) is 0 Å². The number of carbonyl (C=O) groups is 3. The van der Waals surface area contributed by atoms with Crippen molar-refractivity contribution in [3.05, 3.63) is 124 Å². The summed E-state index contributed by atoms with van der Waals surface area (Å²) in [5.74, 6) is -1.93. The number of anilines is 2. The lowest BCUT2D eigenvalue weighted by molar-refractivity contribution is -0.115. The topological polar surface area (TPSA) is 95.5 Å². The Morgan fingerprint density at radius 3 is 2.24 bits per heavy atom. The van der Waals surface area contributed by atoms with E-state index in [0.29, 0.717) is 16.4 Å². The maximum Gasteiger partial charge on any atom is 0.336 e. The average Bonchev–Trinajstić information content (AvgIpc) is 2.90. The van der Waals surface area contributed by atoms with E-state index in [-0.39, 0.29) is 17.0 Å². The van der Waals surface area contributed by atoms with Crippen LogP contribution in [0.3, 0.4) is 0 Å². The van der Waals surface area contributed by atoms with E-state index >= 15 is 0 Å². The van der Waals surface area contributed by atoms with E-state index in [1.54, 1.807) is 42.5 Å². The van der Waals surface area contributed by atoms with Gasteiger partial charge in [-0.05, 0) is 60.5 Å². The van der Waals surface area contributed by atoms with Gasteiger partial charge in [-0.3, -0.25) is 9.59 Å². The van der Waals surface area contributed by atoms with Crippen LogP contribution in [0.25, 0.3) is 0 Å². The highest BCUT2D eigenvalue weighted by atomic mass is 35.5. The van der Waals surface area contributed by atoms with Crippen molar-refractivity contribution in [3.8, 4) is 0 Å². The lowest BCUT2D eigenvalue weighted by atomic mass is 10.1. The third-order valence-corrected chi connectivity index (χ3v) is 7.03. The smallest absolute Gasteiger partial charge is 0.336 e. The fraction of sp³-hybridized carbons (Fsp3) is 0.0690. The Hall–Kier alpha value is -4.07. The van der Waals surface area contributed by atoms with Gasteiger partial charge in [-0.2, -0.15) is 0 Å². The van der Waals surface area contributed by atoms with E-state index in [4.69, 9.17) is 11.6 Å². The van der Waals surface area contributed by atoms with Gasteiger partial charge >= 0.3 is 5.97 Å². The molecule has 0 radical (unpaired) electrons. The highest BCUT2D eigenvalue weighted by Crippen LogP contribution is 2.37. The van der Waals surface area contributed by atoms with Crippen LogP contribution in [-0.4, -0.2) is 22.9 Å². The first-order valence-corrected chi connectivity index (χ1v) is 12.6. The second-order valence-electron chi connectivity index (χ2n) is 8.19. The van der Waals surface area contributed by atoms with Crippen LogP contribution in [0.15, 0.2) is 102 Å². The van der Waals surface area contributed by atoms with Gasteiger partial charge in [0.15, 0.2) is 0 Å². The number of carboxylic acids is 1. The SMILES string of the molecule is Cc1ccc(Cl)cc1NC(=O)C(Sc1cccc(NC(=O)c2ccccc2C(=O)O)c1)c1ccccc1. The minimum atomic E-state index is -1.18. The van der Waals surface area contributed by atoms with Crippen molar-refractivity contribution < 1.29 is 19.5 Å². The number of hydrogen-bond acceptors (Lipinski definition) is 4. The predicted octanol–water partition coefficient (Wildman–Crippen LogP) is 7.07. The van der Waals surface area contributed by atoms with Gasteiger partial charge in [0.2, 0.25) is 5.91 Å². The first-order chi connectivity index (χ1) is 17.8. The molecule has 0 spiro atoms. The zero-order valence-electron chi connectivity index (χ0n) is 19.8. The summed E-state index contributed by atoms with van der Waals surface area (Å²) in [5.41, 5.74) is 2.80. The van der Waals surface area contributed by atoms with Crippen molar-refractivity contribution in [2.75, 3.05) is 10.6 Å². The number of carboxylic acid groups (broad SMARTS) is 1. The van der Waals surface area contributed by atoms with Crippen LogP contribution < -0.4 is 10.6 Å². The average molecular weight is 531 g/mol. The summed E-state index contributed by atoms with van der Waals surface area (Å²) in [6, 6.07) is 27.8. The molecule has 0 aliphatic carbocycles. The molecule has 6 nitrogen and oxygen atoms in total. The number of benzene rings is 4. The zero-order chi connectivity index (χ0) is 26.4. The van der Waals surface area contributed by atoms with Crippen molar-refractivity contribution in [1.29, 1.82) is 0 Å². The molecule has 0 heterocycles. The molecule has 0 saturated heterocycles. The van der Waals surface area contributed by atoms with Crippen molar-refractivity contribution in [2.24, 2.45) is 0 Å². The van der Waals surface area contributed by atoms with Gasteiger partial charge in [0.25, 0.3) is 5.91 Å². The minimum absolute atomic E-state index is 0.0616. The van der Waals surface area contributed by atoms with E-state index in [9.17, 15) is 19.5 Å². The molecule has 4 rings (SSSR count). The number of amides is 2. The maximum absolute atomic E-state index is 13.4. The fourth-order valence-electron chi connectivity index (χ4n) is 3.68. The number of carbonyl (C=O) groups excluding carboxylic acids is 2. The Morgan fingerprint density at radius 1 is 0.811 bits per heavy atom. The van der Waals surface area contributed by atoms with Gasteiger partial charge < -0.3 is 15.7 Å². The maximum atomic E-state index is 13.4. The Balaban J connectivity index is 1.57. The lowest BCUT2D eigenvalue weighted by Crippen LogP contribution is -2.19. The van der Waals surface area contributed by atoms with Crippen LogP contribution >= 0.6 is 23.4 Å². The van der Waals surface area contributed by atoms with E-state index in [0.717, 1.165) is 16.0 Å². The quantitative estimate of drug-likeness (QED) is 0.212. The van der Waals surface area contributed by atoms with Gasteiger partial charge in [0.05, 0.1) is 11.1 Å². The summed E-state index contributed by atoms with van der Waals surface area (Å²) < 4.78 is 0. The third kappa shape index (κ3) is 6.58. The molecule has 1 atom stereocenters. The van der Waals surface area contributed by atoms with Crippen LogP contribution in [0.1, 0.15) is 37.1 Å². The molecule has 8 heteroatoms. The van der Waals surface area contributed by atoms with Crippen LogP contribution in [0.2, 0.25) is 5.02 Å². The molecule has 0 aliphatic rings. The predicted molar refractivity (Wildman–Crippen MR) is 148 cm³/mol. The normalized spacial score (nSPS) is 11.4. The zero-order valence-corrected chi connectivity index (χ0v) is 21.3. The van der Waals surface area contributed by atoms with Gasteiger partial charge in [-0.1, -0.05) is 66.2 Å². The van der Waals surface area contributed by atoms with E-state index in [2.05, 4.69) is 10.6 Å². The van der Waals surface area contributed by atoms with E-state index in [1.807, 2.05) is 49.4 Å². The van der Waals surface area contributed by atoms with Gasteiger partial charge in [0, 0.05) is 21.3 Å². The van der Waals surface area contributed by atoms with Crippen molar-refractivity contribution >= 4 is 52.5 Å². The van der Waals surface area contributed by atoms with Crippen molar-refractivity contribution in [2.45, 2.75) is 17.1 Å². The summed E-state index contributed by atoms with van der Waals surface area (Å²) in [7, 11) is 0. The summed E-state index contributed by atoms with van der Waals surface area (Å²) in [6.07, 6.45) is 0. The fourth-order valence-corrected chi connectivity index (χ4v) is 4.93. The summed E-state index contributed by atoms with van der Waals surface area (Å²) in [6.45, 7) is 1.89. The third-order valence-electron chi connectivity index (χ3n) is 5.55. The van der Waals surface area contributed by atoms with Gasteiger partial charge in [-0.25, -0.2) is 4.79 Å². The number of hydrogen-bond donors (Lipinski definition) is 3. The molecule has 4 aromatic rings. The highest BCUT2D eigenvalue weighted by Gasteiger charge is 2.23. The van der Waals surface area contributed by atoms with Crippen molar-refractivity contribution in [3.63, 3.8) is 0 Å². The molecule has 4 aromatic carbocycles. The second-order valence-corrected chi connectivity index (χ2v) is 9.80. The number of aryl methyl sites for hydroxylation is 1. The monoisotopic (exact) mass is 530 g/mol. The summed E-state index contributed by atoms with van der Waals surface area (Å²) in [5, 5.41) is 15.1. The Morgan fingerprint density at radius 2 is 1.51 bits per heavy atom. The Labute approximate surface area is 223 Å². The number of halogens is 1. The molecule has 3 N–H and O–H groups in total. The minimum Gasteiger partial charge on any atom is -0.478 e. The molecular formula is C29H23ClN2O4S. The summed E-state index contributed by atoms with van der Waals surface area (Å²) in [4.78, 5) is 38.5. The molecule has 0 aliphatic heterocycles. The van der Waals surface area contributed by atoms with Crippen LogP contribution in [0.4, 0.5) is 11.4 Å². The molecule has 186 valence electrons. The second kappa shape index (κ2) is 11.8. The molecule has 37 heavy (non-hydrogen) atoms. The molecule has 0 fully saturated rings. The number of thioether (sulfide) groups is 1.